The summed E-state index contributed by atoms with van der Waals surface area (Å²) in [5.74, 6) is -0.898. The smallest absolute Gasteiger partial charge is 0.316 e. The predicted molar refractivity (Wildman–Crippen MR) is 107 cm³/mol. The summed E-state index contributed by atoms with van der Waals surface area (Å²) in [5, 5.41) is 0. The summed E-state index contributed by atoms with van der Waals surface area (Å²) in [6.07, 6.45) is 0. The van der Waals surface area contributed by atoms with Gasteiger partial charge in [0.1, 0.15) is 6.61 Å². The summed E-state index contributed by atoms with van der Waals surface area (Å²) in [5.41, 5.74) is 2.97. The maximum absolute atomic E-state index is 12.2. The van der Waals surface area contributed by atoms with E-state index in [1.165, 1.54) is 11.8 Å². The van der Waals surface area contributed by atoms with Crippen LogP contribution in [-0.2, 0) is 9.53 Å². The van der Waals surface area contributed by atoms with Crippen LogP contribution < -0.4 is 0 Å². The van der Waals surface area contributed by atoms with E-state index in [9.17, 15) is 14.4 Å². The average molecular weight is 448 g/mol. The number of thioether (sulfide) groups is 1. The summed E-state index contributed by atoms with van der Waals surface area (Å²) in [6, 6.07) is 10.7. The number of carbonyl (C=O) groups is 3. The Kier molecular flexibility index (Phi) is 6.01. The Labute approximate surface area is 170 Å². The van der Waals surface area contributed by atoms with Crippen molar-refractivity contribution in [2.75, 3.05) is 18.9 Å². The van der Waals surface area contributed by atoms with Gasteiger partial charge in [-0.15, -0.1) is 11.8 Å². The fraction of sp³-hybridized carbons (Fsp3) is 0.250. The number of ether oxygens (including phenoxy) is 1. The molecule has 0 spiro atoms. The maximum atomic E-state index is 12.2. The van der Waals surface area contributed by atoms with Crippen LogP contribution in [0, 0.1) is 13.8 Å². The molecule has 2 aromatic rings. The second-order valence-electron chi connectivity index (χ2n) is 6.18. The molecule has 7 heteroatoms. The third-order valence-corrected chi connectivity index (χ3v) is 6.24. The van der Waals surface area contributed by atoms with Crippen LogP contribution in [-0.4, -0.2) is 41.6 Å². The lowest BCUT2D eigenvalue weighted by Crippen LogP contribution is -2.33. The van der Waals surface area contributed by atoms with Crippen LogP contribution in [0.4, 0.5) is 0 Å². The number of benzene rings is 2. The van der Waals surface area contributed by atoms with Crippen molar-refractivity contribution in [3.63, 3.8) is 0 Å². The number of hydrogen-bond donors (Lipinski definition) is 0. The van der Waals surface area contributed by atoms with Crippen LogP contribution in [0.5, 0.6) is 0 Å². The van der Waals surface area contributed by atoms with Crippen molar-refractivity contribution in [1.82, 2.24) is 4.90 Å². The Morgan fingerprint density at radius 1 is 1.07 bits per heavy atom. The Morgan fingerprint density at radius 3 is 2.33 bits per heavy atom. The Balaban J connectivity index is 1.49. The van der Waals surface area contributed by atoms with Gasteiger partial charge in [0.15, 0.2) is 0 Å². The summed E-state index contributed by atoms with van der Waals surface area (Å²) in [6.45, 7) is 4.02. The van der Waals surface area contributed by atoms with Crippen LogP contribution >= 0.6 is 27.7 Å². The second-order valence-corrected chi connectivity index (χ2v) is 8.06. The van der Waals surface area contributed by atoms with Crippen LogP contribution in [0.15, 0.2) is 45.8 Å². The molecule has 0 radical (unpaired) electrons. The van der Waals surface area contributed by atoms with Crippen molar-refractivity contribution in [2.45, 2.75) is 18.7 Å². The van der Waals surface area contributed by atoms with Gasteiger partial charge in [0.2, 0.25) is 0 Å². The first-order valence-corrected chi connectivity index (χ1v) is 10.2. The van der Waals surface area contributed by atoms with E-state index < -0.39 is 0 Å². The van der Waals surface area contributed by atoms with Crippen LogP contribution in [0.3, 0.4) is 0 Å². The van der Waals surface area contributed by atoms with Gasteiger partial charge in [-0.05, 0) is 49.2 Å². The van der Waals surface area contributed by atoms with E-state index in [2.05, 4.69) is 15.9 Å². The fourth-order valence-electron chi connectivity index (χ4n) is 2.78. The zero-order chi connectivity index (χ0) is 19.6. The fourth-order valence-corrected chi connectivity index (χ4v) is 4.14. The summed E-state index contributed by atoms with van der Waals surface area (Å²) < 4.78 is 6.23. The minimum Gasteiger partial charge on any atom is -0.463 e. The van der Waals surface area contributed by atoms with Gasteiger partial charge in [0.25, 0.3) is 11.8 Å². The zero-order valence-corrected chi connectivity index (χ0v) is 17.4. The first kappa shape index (κ1) is 19.6. The highest BCUT2D eigenvalue weighted by atomic mass is 79.9. The maximum Gasteiger partial charge on any atom is 0.316 e. The lowest BCUT2D eigenvalue weighted by Gasteiger charge is -2.14. The number of imide groups is 1. The third kappa shape index (κ3) is 4.25. The number of rotatable bonds is 6. The van der Waals surface area contributed by atoms with Crippen molar-refractivity contribution in [2.24, 2.45) is 0 Å². The van der Waals surface area contributed by atoms with E-state index in [0.717, 1.165) is 25.4 Å². The molecule has 27 heavy (non-hydrogen) atoms. The first-order valence-electron chi connectivity index (χ1n) is 8.39. The van der Waals surface area contributed by atoms with E-state index in [4.69, 9.17) is 4.74 Å². The quantitative estimate of drug-likeness (QED) is 0.380. The highest BCUT2D eigenvalue weighted by Crippen LogP contribution is 2.28. The predicted octanol–water partition coefficient (Wildman–Crippen LogP) is 4.00. The molecule has 0 aromatic heterocycles. The molecule has 0 unspecified atom stereocenters. The van der Waals surface area contributed by atoms with E-state index in [1.807, 2.05) is 26.0 Å². The van der Waals surface area contributed by atoms with E-state index >= 15 is 0 Å². The van der Waals surface area contributed by atoms with E-state index in [-0.39, 0.29) is 36.7 Å². The van der Waals surface area contributed by atoms with Crippen LogP contribution in [0.25, 0.3) is 0 Å². The molecule has 0 atom stereocenters. The monoisotopic (exact) mass is 447 g/mol. The van der Waals surface area contributed by atoms with Gasteiger partial charge in [0.05, 0.1) is 23.4 Å². The van der Waals surface area contributed by atoms with Gasteiger partial charge < -0.3 is 4.74 Å². The molecule has 0 saturated heterocycles. The van der Waals surface area contributed by atoms with Crippen molar-refractivity contribution < 1.29 is 19.1 Å². The molecule has 2 aromatic carbocycles. The Hall–Kier alpha value is -2.12. The lowest BCUT2D eigenvalue weighted by atomic mass is 10.1. The SMILES string of the molecule is Cc1cc(SCC(=O)OCCN2C(=O)c3ccccc3C2=O)c(C)cc1Br. The molecule has 140 valence electrons. The van der Waals surface area contributed by atoms with Gasteiger partial charge in [0, 0.05) is 9.37 Å². The first-order chi connectivity index (χ1) is 12.9. The minimum atomic E-state index is -0.378. The number of carbonyl (C=O) groups excluding carboxylic acids is 3. The number of esters is 1. The van der Waals surface area contributed by atoms with Gasteiger partial charge >= 0.3 is 5.97 Å². The molecule has 3 rings (SSSR count). The van der Waals surface area contributed by atoms with Crippen molar-refractivity contribution in [3.05, 3.63) is 63.1 Å². The van der Waals surface area contributed by atoms with E-state index in [1.54, 1.807) is 24.3 Å². The van der Waals surface area contributed by atoms with Crippen molar-refractivity contribution in [3.8, 4) is 0 Å². The number of hydrogen-bond acceptors (Lipinski definition) is 5. The van der Waals surface area contributed by atoms with Crippen molar-refractivity contribution >= 4 is 45.5 Å². The molecular formula is C20H18BrNO4S. The number of halogens is 1. The molecular weight excluding hydrogens is 430 g/mol. The van der Waals surface area contributed by atoms with Gasteiger partial charge in [-0.25, -0.2) is 0 Å². The topological polar surface area (TPSA) is 63.7 Å². The molecule has 0 N–H and O–H groups in total. The standard InChI is InChI=1S/C20H18BrNO4S/c1-12-10-17(13(2)9-16(12)21)27-11-18(23)26-8-7-22-19(24)14-5-3-4-6-15(14)20(22)25/h3-6,9-10H,7-8,11H2,1-2H3. The largest absolute Gasteiger partial charge is 0.463 e. The molecule has 1 aliphatic rings. The van der Waals surface area contributed by atoms with Crippen LogP contribution in [0.2, 0.25) is 0 Å². The average Bonchev–Trinajstić information content (AvgIpc) is 2.89. The van der Waals surface area contributed by atoms with E-state index in [0.29, 0.717) is 11.1 Å². The molecule has 0 aliphatic carbocycles. The minimum absolute atomic E-state index is 0.0107. The summed E-state index contributed by atoms with van der Waals surface area (Å²) in [7, 11) is 0. The second kappa shape index (κ2) is 8.27. The van der Waals surface area contributed by atoms with Gasteiger partial charge in [-0.2, -0.15) is 0 Å². The molecule has 1 heterocycles. The molecule has 0 fully saturated rings. The number of fused-ring (bicyclic) bond motifs is 1. The number of nitrogens with zero attached hydrogens (tertiary/aromatic N) is 1. The van der Waals surface area contributed by atoms with Crippen LogP contribution in [0.1, 0.15) is 31.8 Å². The highest BCUT2D eigenvalue weighted by molar-refractivity contribution is 9.10. The normalized spacial score (nSPS) is 13.1. The Bertz CT molecular complexity index is 893. The lowest BCUT2D eigenvalue weighted by molar-refractivity contribution is -0.140. The number of amides is 2. The molecule has 2 amide bonds. The molecule has 0 bridgehead atoms. The molecule has 0 saturated carbocycles. The summed E-state index contributed by atoms with van der Waals surface area (Å²) >= 11 is 4.90. The highest BCUT2D eigenvalue weighted by Gasteiger charge is 2.34. The molecule has 1 aliphatic heterocycles. The van der Waals surface area contributed by atoms with Gasteiger partial charge in [-0.3, -0.25) is 19.3 Å². The van der Waals surface area contributed by atoms with Gasteiger partial charge in [-0.1, -0.05) is 28.1 Å². The zero-order valence-electron chi connectivity index (χ0n) is 15.0. The number of aryl methyl sites for hydroxylation is 2. The summed E-state index contributed by atoms with van der Waals surface area (Å²) in [4.78, 5) is 38.6. The molecule has 5 nitrogen and oxygen atoms in total. The Morgan fingerprint density at radius 2 is 1.70 bits per heavy atom. The third-order valence-electron chi connectivity index (χ3n) is 4.26. The van der Waals surface area contributed by atoms with Crippen molar-refractivity contribution in [1.29, 1.82) is 0 Å².